The van der Waals surface area contributed by atoms with Gasteiger partial charge in [0.15, 0.2) is 5.96 Å². The zero-order chi connectivity index (χ0) is 12.4. The van der Waals surface area contributed by atoms with Gasteiger partial charge in [-0.05, 0) is 18.8 Å². The number of aliphatic imine (C=N–C) groups is 1. The van der Waals surface area contributed by atoms with Gasteiger partial charge in [0.05, 0.1) is 0 Å². The maximum Gasteiger partial charge on any atom is 0.190 e. The zero-order valence-corrected chi connectivity index (χ0v) is 11.7. The molecular weight excluding hydrogens is 198 g/mol. The Hall–Kier alpha value is -0.730. The molecule has 0 aromatic rings. The van der Waals surface area contributed by atoms with Crippen molar-refractivity contribution in [2.45, 2.75) is 53.4 Å². The van der Waals surface area contributed by atoms with E-state index in [-0.39, 0.29) is 0 Å². The first kappa shape index (κ1) is 15.3. The third kappa shape index (κ3) is 7.55. The van der Waals surface area contributed by atoms with E-state index in [4.69, 9.17) is 0 Å². The van der Waals surface area contributed by atoms with Gasteiger partial charge in [-0.2, -0.15) is 0 Å². The van der Waals surface area contributed by atoms with Gasteiger partial charge < -0.3 is 10.6 Å². The predicted octanol–water partition coefficient (Wildman–Crippen LogP) is 2.78. The highest BCUT2D eigenvalue weighted by Crippen LogP contribution is 2.22. The van der Waals surface area contributed by atoms with Crippen molar-refractivity contribution < 1.29 is 0 Å². The Labute approximate surface area is 101 Å². The molecule has 0 aliphatic carbocycles. The van der Waals surface area contributed by atoms with Crippen LogP contribution in [0.4, 0.5) is 0 Å². The Morgan fingerprint density at radius 3 is 2.31 bits per heavy atom. The lowest BCUT2D eigenvalue weighted by Crippen LogP contribution is -2.41. The van der Waals surface area contributed by atoms with Gasteiger partial charge in [-0.15, -0.1) is 0 Å². The van der Waals surface area contributed by atoms with E-state index in [1.165, 1.54) is 25.7 Å². The van der Waals surface area contributed by atoms with Gasteiger partial charge in [0.1, 0.15) is 0 Å². The summed E-state index contributed by atoms with van der Waals surface area (Å²) in [6.07, 6.45) is 5.23. The summed E-state index contributed by atoms with van der Waals surface area (Å²) in [6.45, 7) is 10.9. The van der Waals surface area contributed by atoms with E-state index in [1.54, 1.807) is 0 Å². The molecule has 0 spiro atoms. The maximum absolute atomic E-state index is 4.17. The number of hydrogen-bond donors (Lipinski definition) is 2. The van der Waals surface area contributed by atoms with Crippen LogP contribution in [-0.2, 0) is 0 Å². The normalized spacial score (nSPS) is 12.7. The van der Waals surface area contributed by atoms with Crippen LogP contribution in [0, 0.1) is 5.41 Å². The standard InChI is InChI=1S/C13H29N3/c1-6-8-9-10-13(3,4)11-16-12(14-5)15-7-2/h6-11H2,1-5H3,(H2,14,15,16). The van der Waals surface area contributed by atoms with E-state index in [0.29, 0.717) is 5.41 Å². The molecule has 0 unspecified atom stereocenters. The molecule has 0 saturated carbocycles. The first-order chi connectivity index (χ1) is 7.55. The summed E-state index contributed by atoms with van der Waals surface area (Å²) in [6, 6.07) is 0. The Balaban J connectivity index is 3.87. The summed E-state index contributed by atoms with van der Waals surface area (Å²) in [7, 11) is 1.81. The number of guanidine groups is 1. The largest absolute Gasteiger partial charge is 0.357 e. The molecular formula is C13H29N3. The van der Waals surface area contributed by atoms with E-state index in [0.717, 1.165) is 19.0 Å². The highest BCUT2D eigenvalue weighted by Gasteiger charge is 2.17. The van der Waals surface area contributed by atoms with Crippen molar-refractivity contribution in [2.24, 2.45) is 10.4 Å². The molecule has 0 amide bonds. The lowest BCUT2D eigenvalue weighted by Gasteiger charge is -2.26. The van der Waals surface area contributed by atoms with Crippen molar-refractivity contribution in [3.63, 3.8) is 0 Å². The smallest absolute Gasteiger partial charge is 0.190 e. The van der Waals surface area contributed by atoms with Crippen molar-refractivity contribution in [1.82, 2.24) is 10.6 Å². The molecule has 0 rings (SSSR count). The van der Waals surface area contributed by atoms with Gasteiger partial charge in [-0.3, -0.25) is 4.99 Å². The van der Waals surface area contributed by atoms with Crippen molar-refractivity contribution in [3.8, 4) is 0 Å². The Morgan fingerprint density at radius 1 is 1.12 bits per heavy atom. The van der Waals surface area contributed by atoms with Crippen molar-refractivity contribution >= 4 is 5.96 Å². The van der Waals surface area contributed by atoms with E-state index < -0.39 is 0 Å². The number of nitrogens with one attached hydrogen (secondary N) is 2. The van der Waals surface area contributed by atoms with Gasteiger partial charge in [0.2, 0.25) is 0 Å². The number of nitrogens with zero attached hydrogens (tertiary/aromatic N) is 1. The topological polar surface area (TPSA) is 36.4 Å². The van der Waals surface area contributed by atoms with Crippen LogP contribution in [-0.4, -0.2) is 26.1 Å². The zero-order valence-electron chi connectivity index (χ0n) is 11.7. The molecule has 0 aliphatic rings. The predicted molar refractivity (Wildman–Crippen MR) is 73.0 cm³/mol. The van der Waals surface area contributed by atoms with E-state index in [9.17, 15) is 0 Å². The fourth-order valence-electron chi connectivity index (χ4n) is 1.65. The molecule has 16 heavy (non-hydrogen) atoms. The van der Waals surface area contributed by atoms with E-state index in [2.05, 4.69) is 43.3 Å². The van der Waals surface area contributed by atoms with Gasteiger partial charge in [0.25, 0.3) is 0 Å². The lowest BCUT2D eigenvalue weighted by molar-refractivity contribution is 0.318. The molecule has 0 aliphatic heterocycles. The third-order valence-electron chi connectivity index (χ3n) is 2.76. The van der Waals surface area contributed by atoms with Gasteiger partial charge in [-0.1, -0.05) is 40.0 Å². The first-order valence-corrected chi connectivity index (χ1v) is 6.50. The van der Waals surface area contributed by atoms with Gasteiger partial charge >= 0.3 is 0 Å². The van der Waals surface area contributed by atoms with Crippen LogP contribution < -0.4 is 10.6 Å². The summed E-state index contributed by atoms with van der Waals surface area (Å²) in [5.41, 5.74) is 0.348. The Bertz CT molecular complexity index is 197. The molecule has 3 nitrogen and oxygen atoms in total. The Morgan fingerprint density at radius 2 is 1.81 bits per heavy atom. The Kier molecular flexibility index (Phi) is 8.04. The quantitative estimate of drug-likeness (QED) is 0.398. The van der Waals surface area contributed by atoms with Crippen LogP contribution in [0.2, 0.25) is 0 Å². The first-order valence-electron chi connectivity index (χ1n) is 6.50. The molecule has 0 heterocycles. The van der Waals surface area contributed by atoms with Crippen LogP contribution in [0.25, 0.3) is 0 Å². The van der Waals surface area contributed by atoms with Crippen molar-refractivity contribution in [1.29, 1.82) is 0 Å². The average molecular weight is 227 g/mol. The number of rotatable bonds is 7. The second kappa shape index (κ2) is 8.43. The fraction of sp³-hybridized carbons (Fsp3) is 0.923. The number of unbranched alkanes of at least 4 members (excludes halogenated alkanes) is 2. The molecule has 0 aromatic carbocycles. The molecule has 0 fully saturated rings. The monoisotopic (exact) mass is 227 g/mol. The molecule has 3 heteroatoms. The van der Waals surface area contributed by atoms with Gasteiger partial charge in [-0.25, -0.2) is 0 Å². The van der Waals surface area contributed by atoms with Crippen LogP contribution in [0.3, 0.4) is 0 Å². The minimum absolute atomic E-state index is 0.348. The minimum Gasteiger partial charge on any atom is -0.357 e. The third-order valence-corrected chi connectivity index (χ3v) is 2.76. The van der Waals surface area contributed by atoms with Crippen molar-refractivity contribution in [3.05, 3.63) is 0 Å². The summed E-state index contributed by atoms with van der Waals surface area (Å²) in [5.74, 6) is 0.908. The number of hydrogen-bond acceptors (Lipinski definition) is 1. The fourth-order valence-corrected chi connectivity index (χ4v) is 1.65. The lowest BCUT2D eigenvalue weighted by atomic mass is 9.87. The summed E-state index contributed by atoms with van der Waals surface area (Å²) in [5, 5.41) is 6.59. The molecule has 96 valence electrons. The van der Waals surface area contributed by atoms with E-state index in [1.807, 2.05) is 7.05 Å². The molecule has 0 radical (unpaired) electrons. The molecule has 0 bridgehead atoms. The summed E-state index contributed by atoms with van der Waals surface area (Å²) in [4.78, 5) is 4.17. The van der Waals surface area contributed by atoms with Crippen molar-refractivity contribution in [2.75, 3.05) is 20.1 Å². The summed E-state index contributed by atoms with van der Waals surface area (Å²) < 4.78 is 0. The van der Waals surface area contributed by atoms with E-state index >= 15 is 0 Å². The minimum atomic E-state index is 0.348. The second-order valence-corrected chi connectivity index (χ2v) is 5.08. The van der Waals surface area contributed by atoms with Crippen LogP contribution in [0.1, 0.15) is 53.4 Å². The highest BCUT2D eigenvalue weighted by atomic mass is 15.2. The van der Waals surface area contributed by atoms with Gasteiger partial charge in [0, 0.05) is 20.1 Å². The second-order valence-electron chi connectivity index (χ2n) is 5.08. The summed E-state index contributed by atoms with van der Waals surface area (Å²) >= 11 is 0. The van der Waals surface area contributed by atoms with Crippen LogP contribution in [0.15, 0.2) is 4.99 Å². The maximum atomic E-state index is 4.17. The molecule has 2 N–H and O–H groups in total. The average Bonchev–Trinajstić information content (AvgIpc) is 2.24. The molecule has 0 aromatic heterocycles. The molecule has 0 atom stereocenters. The molecule has 0 saturated heterocycles. The van der Waals surface area contributed by atoms with Crippen LogP contribution >= 0.6 is 0 Å². The van der Waals surface area contributed by atoms with Crippen LogP contribution in [0.5, 0.6) is 0 Å². The SMILES string of the molecule is CCCCCC(C)(C)CNC(=NC)NCC. The highest BCUT2D eigenvalue weighted by molar-refractivity contribution is 5.79.